The van der Waals surface area contributed by atoms with Gasteiger partial charge in [0.1, 0.15) is 5.82 Å². The lowest BCUT2D eigenvalue weighted by atomic mass is 10.1. The summed E-state index contributed by atoms with van der Waals surface area (Å²) in [6, 6.07) is 8.86. The highest BCUT2D eigenvalue weighted by molar-refractivity contribution is 6.33. The molecule has 0 aromatic heterocycles. The van der Waals surface area contributed by atoms with Gasteiger partial charge in [0.05, 0.1) is 16.8 Å². The molecule has 0 bridgehead atoms. The molecule has 3 nitrogen and oxygen atoms in total. The molecule has 1 unspecified atom stereocenters. The van der Waals surface area contributed by atoms with Gasteiger partial charge in [0, 0.05) is 12.1 Å². The van der Waals surface area contributed by atoms with E-state index in [1.54, 1.807) is 12.1 Å². The summed E-state index contributed by atoms with van der Waals surface area (Å²) in [5, 5.41) is 3.96. The molecule has 2 aromatic carbocycles. The van der Waals surface area contributed by atoms with Crippen LogP contribution in [-0.4, -0.2) is 6.79 Å². The van der Waals surface area contributed by atoms with Gasteiger partial charge in [-0.2, -0.15) is 0 Å². The van der Waals surface area contributed by atoms with E-state index in [2.05, 4.69) is 5.32 Å². The van der Waals surface area contributed by atoms with Crippen LogP contribution in [0.5, 0.6) is 11.5 Å². The first-order valence-electron chi connectivity index (χ1n) is 6.85. The van der Waals surface area contributed by atoms with Crippen molar-refractivity contribution in [2.45, 2.75) is 18.9 Å². The van der Waals surface area contributed by atoms with Crippen LogP contribution in [0.1, 0.15) is 23.6 Å². The maximum absolute atomic E-state index is 13.8. The Morgan fingerprint density at radius 1 is 1.19 bits per heavy atom. The van der Waals surface area contributed by atoms with Gasteiger partial charge in [0.2, 0.25) is 6.79 Å². The molecule has 0 saturated carbocycles. The van der Waals surface area contributed by atoms with Crippen molar-refractivity contribution < 1.29 is 13.9 Å². The molecule has 0 amide bonds. The van der Waals surface area contributed by atoms with Crippen molar-refractivity contribution in [3.63, 3.8) is 0 Å². The molecular formula is C16H13ClFNO2. The average Bonchev–Trinajstić information content (AvgIpc) is 3.07. The quantitative estimate of drug-likeness (QED) is 0.897. The smallest absolute Gasteiger partial charge is 0.231 e. The maximum Gasteiger partial charge on any atom is 0.231 e. The number of hydrogen-bond acceptors (Lipinski definition) is 3. The molecule has 1 aliphatic carbocycles. The lowest BCUT2D eigenvalue weighted by Gasteiger charge is -2.17. The van der Waals surface area contributed by atoms with E-state index in [1.165, 1.54) is 6.07 Å². The molecule has 2 aromatic rings. The highest BCUT2D eigenvalue weighted by atomic mass is 35.5. The zero-order chi connectivity index (χ0) is 14.4. The topological polar surface area (TPSA) is 30.5 Å². The van der Waals surface area contributed by atoms with Crippen molar-refractivity contribution in [3.8, 4) is 11.5 Å². The largest absolute Gasteiger partial charge is 0.454 e. The van der Waals surface area contributed by atoms with Crippen molar-refractivity contribution in [3.05, 3.63) is 52.3 Å². The standard InChI is InChI=1S/C16H13ClFNO2/c17-11-6-15-16(21-8-20-15)7-14(11)19-13-5-4-9-10(13)2-1-3-12(9)18/h1-3,6-7,13,19H,4-5,8H2. The van der Waals surface area contributed by atoms with Crippen LogP contribution in [0.25, 0.3) is 0 Å². The number of ether oxygens (including phenoxy) is 2. The third-order valence-electron chi connectivity index (χ3n) is 4.01. The van der Waals surface area contributed by atoms with Crippen LogP contribution in [-0.2, 0) is 6.42 Å². The second-order valence-corrected chi connectivity index (χ2v) is 5.64. The van der Waals surface area contributed by atoms with Crippen LogP contribution in [0, 0.1) is 5.82 Å². The Bertz CT molecular complexity index is 720. The van der Waals surface area contributed by atoms with E-state index >= 15 is 0 Å². The number of fused-ring (bicyclic) bond motifs is 2. The Labute approximate surface area is 126 Å². The second-order valence-electron chi connectivity index (χ2n) is 5.23. The Kier molecular flexibility index (Phi) is 2.93. The van der Waals surface area contributed by atoms with Crippen molar-refractivity contribution in [1.29, 1.82) is 0 Å². The van der Waals surface area contributed by atoms with E-state index in [1.807, 2.05) is 12.1 Å². The lowest BCUT2D eigenvalue weighted by molar-refractivity contribution is 0.174. The Morgan fingerprint density at radius 3 is 2.86 bits per heavy atom. The van der Waals surface area contributed by atoms with E-state index in [4.69, 9.17) is 21.1 Å². The molecule has 0 fully saturated rings. The van der Waals surface area contributed by atoms with Gasteiger partial charge in [0.15, 0.2) is 11.5 Å². The number of rotatable bonds is 2. The third-order valence-corrected chi connectivity index (χ3v) is 4.32. The highest BCUT2D eigenvalue weighted by Gasteiger charge is 2.26. The summed E-state index contributed by atoms with van der Waals surface area (Å²) in [4.78, 5) is 0. The van der Waals surface area contributed by atoms with Gasteiger partial charge >= 0.3 is 0 Å². The van der Waals surface area contributed by atoms with E-state index in [0.29, 0.717) is 16.5 Å². The van der Waals surface area contributed by atoms with E-state index in [0.717, 1.165) is 29.7 Å². The molecular weight excluding hydrogens is 293 g/mol. The minimum absolute atomic E-state index is 0.0635. The molecule has 0 radical (unpaired) electrons. The van der Waals surface area contributed by atoms with Crippen molar-refractivity contribution in [2.75, 3.05) is 12.1 Å². The van der Waals surface area contributed by atoms with E-state index in [-0.39, 0.29) is 18.7 Å². The summed E-state index contributed by atoms with van der Waals surface area (Å²) in [5.41, 5.74) is 2.58. The first kappa shape index (κ1) is 12.8. The lowest BCUT2D eigenvalue weighted by Crippen LogP contribution is -2.07. The minimum Gasteiger partial charge on any atom is -0.454 e. The Balaban J connectivity index is 1.65. The van der Waals surface area contributed by atoms with Crippen LogP contribution < -0.4 is 14.8 Å². The molecule has 4 rings (SSSR count). The van der Waals surface area contributed by atoms with Crippen LogP contribution in [0.2, 0.25) is 5.02 Å². The molecule has 1 heterocycles. The molecule has 0 saturated heterocycles. The summed E-state index contributed by atoms with van der Waals surface area (Å²) in [6.45, 7) is 0.215. The summed E-state index contributed by atoms with van der Waals surface area (Å²) in [5.74, 6) is 1.20. The van der Waals surface area contributed by atoms with E-state index < -0.39 is 0 Å². The second kappa shape index (κ2) is 4.81. The monoisotopic (exact) mass is 305 g/mol. The molecule has 21 heavy (non-hydrogen) atoms. The summed E-state index contributed by atoms with van der Waals surface area (Å²) >= 11 is 6.27. The summed E-state index contributed by atoms with van der Waals surface area (Å²) < 4.78 is 24.4. The van der Waals surface area contributed by atoms with Crippen LogP contribution in [0.15, 0.2) is 30.3 Å². The summed E-state index contributed by atoms with van der Waals surface area (Å²) in [6.07, 6.45) is 1.59. The van der Waals surface area contributed by atoms with Gasteiger partial charge in [-0.1, -0.05) is 23.7 Å². The molecule has 1 atom stereocenters. The first-order valence-corrected chi connectivity index (χ1v) is 7.23. The number of hydrogen-bond donors (Lipinski definition) is 1. The zero-order valence-electron chi connectivity index (χ0n) is 11.2. The van der Waals surface area contributed by atoms with Crippen LogP contribution in [0.4, 0.5) is 10.1 Å². The maximum atomic E-state index is 13.8. The van der Waals surface area contributed by atoms with Crippen molar-refractivity contribution >= 4 is 17.3 Å². The molecule has 5 heteroatoms. The van der Waals surface area contributed by atoms with Gasteiger partial charge in [0.25, 0.3) is 0 Å². The average molecular weight is 306 g/mol. The van der Waals surface area contributed by atoms with Gasteiger partial charge < -0.3 is 14.8 Å². The molecule has 1 aliphatic heterocycles. The molecule has 0 spiro atoms. The molecule has 1 N–H and O–H groups in total. The van der Waals surface area contributed by atoms with Gasteiger partial charge in [-0.05, 0) is 30.0 Å². The SMILES string of the molecule is Fc1cccc2c1CCC2Nc1cc2c(cc1Cl)OCO2. The first-order chi connectivity index (χ1) is 10.2. The fourth-order valence-electron chi connectivity index (χ4n) is 2.98. The predicted molar refractivity (Wildman–Crippen MR) is 78.7 cm³/mol. The number of halogens is 2. The Hall–Kier alpha value is -1.94. The van der Waals surface area contributed by atoms with Crippen molar-refractivity contribution in [1.82, 2.24) is 0 Å². The van der Waals surface area contributed by atoms with E-state index in [9.17, 15) is 4.39 Å². The molecule has 2 aliphatic rings. The normalized spacial score (nSPS) is 18.7. The fourth-order valence-corrected chi connectivity index (χ4v) is 3.18. The van der Waals surface area contributed by atoms with Crippen LogP contribution in [0.3, 0.4) is 0 Å². The minimum atomic E-state index is -0.131. The number of anilines is 1. The highest BCUT2D eigenvalue weighted by Crippen LogP contribution is 2.42. The summed E-state index contributed by atoms with van der Waals surface area (Å²) in [7, 11) is 0. The van der Waals surface area contributed by atoms with Crippen molar-refractivity contribution in [2.24, 2.45) is 0 Å². The van der Waals surface area contributed by atoms with Gasteiger partial charge in [-0.15, -0.1) is 0 Å². The van der Waals surface area contributed by atoms with Crippen LogP contribution >= 0.6 is 11.6 Å². The fraction of sp³-hybridized carbons (Fsp3) is 0.250. The Morgan fingerprint density at radius 2 is 2.00 bits per heavy atom. The molecule has 108 valence electrons. The number of benzene rings is 2. The predicted octanol–water partition coefficient (Wildman–Crippen LogP) is 4.31. The van der Waals surface area contributed by atoms with Gasteiger partial charge in [-0.3, -0.25) is 0 Å². The van der Waals surface area contributed by atoms with Gasteiger partial charge in [-0.25, -0.2) is 4.39 Å². The third kappa shape index (κ3) is 2.10. The zero-order valence-corrected chi connectivity index (χ0v) is 11.9. The number of nitrogens with one attached hydrogen (secondary N) is 1.